The predicted molar refractivity (Wildman–Crippen MR) is 75.2 cm³/mol. The van der Waals surface area contributed by atoms with Gasteiger partial charge in [-0.05, 0) is 19.8 Å². The van der Waals surface area contributed by atoms with Gasteiger partial charge in [-0.3, -0.25) is 4.79 Å². The van der Waals surface area contributed by atoms with E-state index in [9.17, 15) is 4.79 Å². The summed E-state index contributed by atoms with van der Waals surface area (Å²) in [4.78, 5) is 14.8. The summed E-state index contributed by atoms with van der Waals surface area (Å²) in [7, 11) is 0. The molecule has 5 nitrogen and oxygen atoms in total. The van der Waals surface area contributed by atoms with Crippen molar-refractivity contribution in [2.75, 3.05) is 19.7 Å². The summed E-state index contributed by atoms with van der Waals surface area (Å²) >= 11 is 0. The van der Waals surface area contributed by atoms with Gasteiger partial charge in [-0.15, -0.1) is 0 Å². The van der Waals surface area contributed by atoms with Crippen LogP contribution in [0.3, 0.4) is 0 Å². The number of nitrogens with zero attached hydrogens (tertiary/aromatic N) is 1. The summed E-state index contributed by atoms with van der Waals surface area (Å²) in [6, 6.07) is 0. The Bertz CT molecular complexity index is 400. The number of rotatable bonds is 3. The van der Waals surface area contributed by atoms with Crippen LogP contribution in [0.25, 0.3) is 0 Å². The zero-order valence-electron chi connectivity index (χ0n) is 12.7. The van der Waals surface area contributed by atoms with Gasteiger partial charge in [0.15, 0.2) is 0 Å². The van der Waals surface area contributed by atoms with E-state index in [-0.39, 0.29) is 29.6 Å². The molecule has 0 spiro atoms. The van der Waals surface area contributed by atoms with Crippen LogP contribution in [0.15, 0.2) is 0 Å². The van der Waals surface area contributed by atoms with Crippen molar-refractivity contribution in [3.05, 3.63) is 0 Å². The van der Waals surface area contributed by atoms with Crippen molar-refractivity contribution in [1.29, 1.82) is 0 Å². The van der Waals surface area contributed by atoms with Gasteiger partial charge >= 0.3 is 0 Å². The first-order valence-corrected chi connectivity index (χ1v) is 7.74. The monoisotopic (exact) mass is 282 g/mol. The van der Waals surface area contributed by atoms with E-state index in [2.05, 4.69) is 0 Å². The summed E-state index contributed by atoms with van der Waals surface area (Å²) in [5, 5.41) is 0. The highest BCUT2D eigenvalue weighted by molar-refractivity contribution is 5.89. The first-order chi connectivity index (χ1) is 9.38. The fourth-order valence-electron chi connectivity index (χ4n) is 3.86. The molecule has 2 N–H and O–H groups in total. The molecule has 0 aromatic heterocycles. The molecule has 5 heteroatoms. The van der Waals surface area contributed by atoms with Crippen molar-refractivity contribution in [3.63, 3.8) is 0 Å². The molecule has 3 fully saturated rings. The molecular formula is C15H26N2O3. The first-order valence-electron chi connectivity index (χ1n) is 7.74. The Morgan fingerprint density at radius 1 is 1.35 bits per heavy atom. The number of amides is 1. The molecule has 0 aromatic carbocycles. The summed E-state index contributed by atoms with van der Waals surface area (Å²) in [5.74, 6) is 0.0821. The Balaban J connectivity index is 1.71. The Morgan fingerprint density at radius 3 is 2.45 bits per heavy atom. The van der Waals surface area contributed by atoms with Gasteiger partial charge in [0.25, 0.3) is 0 Å². The topological polar surface area (TPSA) is 64.8 Å². The number of hydrogen-bond acceptors (Lipinski definition) is 4. The third-order valence-electron chi connectivity index (χ3n) is 5.54. The number of carbonyl (C=O) groups excluding carboxylic acids is 1. The lowest BCUT2D eigenvalue weighted by Crippen LogP contribution is -2.76. The average Bonchev–Trinajstić information content (AvgIpc) is 2.76. The van der Waals surface area contributed by atoms with Gasteiger partial charge in [0.05, 0.1) is 18.3 Å². The van der Waals surface area contributed by atoms with Gasteiger partial charge in [0.1, 0.15) is 5.54 Å². The molecule has 114 valence electrons. The number of carbonyl (C=O) groups is 1. The molecule has 1 amide bonds. The van der Waals surface area contributed by atoms with E-state index in [1.807, 2.05) is 25.7 Å². The van der Waals surface area contributed by atoms with E-state index in [1.54, 1.807) is 0 Å². The van der Waals surface area contributed by atoms with Gasteiger partial charge in [0, 0.05) is 31.5 Å². The molecule has 1 saturated carbocycles. The standard InChI is InChI=1S/C15H26N2O3/c1-4-19-12-7-15(16,14(12,2)3)13(18)17-8-10-5-6-11(9-17)20-10/h10-12H,4-9,16H2,1-3H3. The van der Waals surface area contributed by atoms with E-state index in [0.29, 0.717) is 26.1 Å². The second-order valence-electron chi connectivity index (χ2n) is 7.01. The first kappa shape index (κ1) is 14.3. The van der Waals surface area contributed by atoms with E-state index in [1.165, 1.54) is 0 Å². The van der Waals surface area contributed by atoms with Gasteiger partial charge in [-0.25, -0.2) is 0 Å². The van der Waals surface area contributed by atoms with Crippen LogP contribution in [0.2, 0.25) is 0 Å². The SMILES string of the molecule is CCOC1CC(N)(C(=O)N2CC3CCC(C2)O3)C1(C)C. The number of morpholine rings is 1. The van der Waals surface area contributed by atoms with Crippen molar-refractivity contribution in [2.24, 2.45) is 11.1 Å². The predicted octanol–water partition coefficient (Wildman–Crippen LogP) is 0.909. The van der Waals surface area contributed by atoms with Crippen molar-refractivity contribution >= 4 is 5.91 Å². The minimum Gasteiger partial charge on any atom is -0.378 e. The third kappa shape index (κ3) is 1.90. The highest BCUT2D eigenvalue weighted by atomic mass is 16.5. The zero-order valence-corrected chi connectivity index (χ0v) is 12.7. The van der Waals surface area contributed by atoms with Crippen LogP contribution in [0.1, 0.15) is 40.0 Å². The molecule has 4 atom stereocenters. The van der Waals surface area contributed by atoms with Gasteiger partial charge in [0.2, 0.25) is 5.91 Å². The Kier molecular flexibility index (Phi) is 3.35. The molecule has 2 aliphatic heterocycles. The minimum absolute atomic E-state index is 0.0821. The lowest BCUT2D eigenvalue weighted by atomic mass is 9.54. The molecule has 0 radical (unpaired) electrons. The maximum Gasteiger partial charge on any atom is 0.243 e. The Labute approximate surface area is 120 Å². The molecule has 2 saturated heterocycles. The molecule has 4 unspecified atom stereocenters. The van der Waals surface area contributed by atoms with Gasteiger partial charge in [-0.2, -0.15) is 0 Å². The zero-order chi connectivity index (χ0) is 14.5. The molecule has 3 aliphatic rings. The summed E-state index contributed by atoms with van der Waals surface area (Å²) < 4.78 is 11.5. The normalized spacial score (nSPS) is 42.4. The second kappa shape index (κ2) is 4.68. The maximum atomic E-state index is 12.9. The lowest BCUT2D eigenvalue weighted by Gasteiger charge is -2.59. The van der Waals surface area contributed by atoms with Crippen molar-refractivity contribution < 1.29 is 14.3 Å². The van der Waals surface area contributed by atoms with Crippen LogP contribution >= 0.6 is 0 Å². The molecule has 20 heavy (non-hydrogen) atoms. The van der Waals surface area contributed by atoms with Crippen LogP contribution in [0, 0.1) is 5.41 Å². The van der Waals surface area contributed by atoms with Crippen LogP contribution in [0.4, 0.5) is 0 Å². The highest BCUT2D eigenvalue weighted by Crippen LogP contribution is 2.51. The quantitative estimate of drug-likeness (QED) is 0.835. The Morgan fingerprint density at radius 2 is 1.95 bits per heavy atom. The minimum atomic E-state index is -0.788. The number of hydrogen-bond donors (Lipinski definition) is 1. The second-order valence-corrected chi connectivity index (χ2v) is 7.01. The molecule has 2 heterocycles. The van der Waals surface area contributed by atoms with Crippen molar-refractivity contribution in [1.82, 2.24) is 4.90 Å². The van der Waals surface area contributed by atoms with Crippen molar-refractivity contribution in [2.45, 2.75) is 63.9 Å². The Hall–Kier alpha value is -0.650. The summed E-state index contributed by atoms with van der Waals surface area (Å²) in [5.41, 5.74) is 5.38. The van der Waals surface area contributed by atoms with Crippen molar-refractivity contribution in [3.8, 4) is 0 Å². The summed E-state index contributed by atoms with van der Waals surface area (Å²) in [6.45, 7) is 8.13. The number of ether oxygens (including phenoxy) is 2. The summed E-state index contributed by atoms with van der Waals surface area (Å²) in [6.07, 6.45) is 3.27. The van der Waals surface area contributed by atoms with Gasteiger partial charge in [-0.1, -0.05) is 13.8 Å². The third-order valence-corrected chi connectivity index (χ3v) is 5.54. The molecule has 0 aromatic rings. The fourth-order valence-corrected chi connectivity index (χ4v) is 3.86. The number of fused-ring (bicyclic) bond motifs is 2. The van der Waals surface area contributed by atoms with E-state index < -0.39 is 5.54 Å². The van der Waals surface area contributed by atoms with Crippen LogP contribution in [-0.4, -0.2) is 54.4 Å². The smallest absolute Gasteiger partial charge is 0.243 e. The van der Waals surface area contributed by atoms with E-state index in [0.717, 1.165) is 12.8 Å². The van der Waals surface area contributed by atoms with Crippen LogP contribution < -0.4 is 5.73 Å². The number of nitrogens with two attached hydrogens (primary N) is 1. The lowest BCUT2D eigenvalue weighted by molar-refractivity contribution is -0.184. The van der Waals surface area contributed by atoms with E-state index in [4.69, 9.17) is 15.2 Å². The molecular weight excluding hydrogens is 256 g/mol. The van der Waals surface area contributed by atoms with E-state index >= 15 is 0 Å². The molecule has 3 rings (SSSR count). The molecule has 1 aliphatic carbocycles. The highest BCUT2D eigenvalue weighted by Gasteiger charge is 2.64. The maximum absolute atomic E-state index is 12.9. The molecule has 2 bridgehead atoms. The van der Waals surface area contributed by atoms with Gasteiger partial charge < -0.3 is 20.1 Å². The average molecular weight is 282 g/mol. The fraction of sp³-hybridized carbons (Fsp3) is 0.933. The number of likely N-dealkylation sites (tertiary alicyclic amines) is 1. The van der Waals surface area contributed by atoms with Crippen LogP contribution in [0.5, 0.6) is 0 Å². The van der Waals surface area contributed by atoms with Crippen LogP contribution in [-0.2, 0) is 14.3 Å². The largest absolute Gasteiger partial charge is 0.378 e.